The van der Waals surface area contributed by atoms with Gasteiger partial charge in [0.1, 0.15) is 11.5 Å². The van der Waals surface area contributed by atoms with Crippen LogP contribution in [0.4, 0.5) is 0 Å². The number of hydrogen-bond acceptors (Lipinski definition) is 6. The van der Waals surface area contributed by atoms with E-state index in [9.17, 15) is 14.4 Å². The van der Waals surface area contributed by atoms with E-state index in [1.54, 1.807) is 43.5 Å². The van der Waals surface area contributed by atoms with Gasteiger partial charge in [0, 0.05) is 12.1 Å². The monoisotopic (exact) mass is 371 g/mol. The minimum Gasteiger partial charge on any atom is -0.497 e. The molecule has 7 heteroatoms. The Morgan fingerprint density at radius 1 is 0.963 bits per heavy atom. The summed E-state index contributed by atoms with van der Waals surface area (Å²) in [7, 11) is 1.57. The van der Waals surface area contributed by atoms with E-state index >= 15 is 0 Å². The molecule has 0 bridgehead atoms. The Morgan fingerprint density at radius 2 is 1.70 bits per heavy atom. The van der Waals surface area contributed by atoms with Crippen LogP contribution >= 0.6 is 0 Å². The Balaban J connectivity index is 1.68. The van der Waals surface area contributed by atoms with Crippen molar-refractivity contribution in [2.24, 2.45) is 0 Å². The standard InChI is InChI=1S/C20H21NO6/c1-14(22)16-6-8-17(9-7-16)26-13-20(24)27-12-19(23)21-11-15-4-3-5-18(10-15)25-2/h3-10H,11-13H2,1-2H3,(H,21,23). The largest absolute Gasteiger partial charge is 0.497 e. The molecule has 0 fully saturated rings. The normalized spacial score (nSPS) is 10.0. The van der Waals surface area contributed by atoms with E-state index in [-0.39, 0.29) is 12.4 Å². The maximum atomic E-state index is 11.8. The summed E-state index contributed by atoms with van der Waals surface area (Å²) in [4.78, 5) is 34.6. The fourth-order valence-corrected chi connectivity index (χ4v) is 2.15. The molecule has 1 N–H and O–H groups in total. The molecule has 0 aliphatic carbocycles. The number of amides is 1. The first kappa shape index (κ1) is 20.0. The molecule has 0 spiro atoms. The van der Waals surface area contributed by atoms with Gasteiger partial charge in [0.2, 0.25) is 0 Å². The van der Waals surface area contributed by atoms with Crippen LogP contribution in [0, 0.1) is 0 Å². The van der Waals surface area contributed by atoms with Crippen LogP contribution in [0.3, 0.4) is 0 Å². The SMILES string of the molecule is COc1cccc(CNC(=O)COC(=O)COc2ccc(C(C)=O)cc2)c1. The number of methoxy groups -OCH3 is 1. The Hall–Kier alpha value is -3.35. The van der Waals surface area contributed by atoms with E-state index in [2.05, 4.69) is 5.32 Å². The zero-order chi connectivity index (χ0) is 19.6. The van der Waals surface area contributed by atoms with Gasteiger partial charge in [0.05, 0.1) is 7.11 Å². The van der Waals surface area contributed by atoms with Gasteiger partial charge in [0.25, 0.3) is 5.91 Å². The number of nitrogens with one attached hydrogen (secondary N) is 1. The highest BCUT2D eigenvalue weighted by Gasteiger charge is 2.09. The second-order valence-electron chi connectivity index (χ2n) is 5.66. The quantitative estimate of drug-likeness (QED) is 0.536. The summed E-state index contributed by atoms with van der Waals surface area (Å²) in [6.07, 6.45) is 0. The molecule has 0 aliphatic heterocycles. The second kappa shape index (κ2) is 9.96. The molecule has 142 valence electrons. The van der Waals surface area contributed by atoms with Gasteiger partial charge in [-0.1, -0.05) is 12.1 Å². The number of ether oxygens (including phenoxy) is 3. The van der Waals surface area contributed by atoms with Crippen LogP contribution in [0.2, 0.25) is 0 Å². The summed E-state index contributed by atoms with van der Waals surface area (Å²) >= 11 is 0. The summed E-state index contributed by atoms with van der Waals surface area (Å²) in [6.45, 7) is 1.04. The number of rotatable bonds is 9. The lowest BCUT2D eigenvalue weighted by atomic mass is 10.1. The molecule has 0 aromatic heterocycles. The summed E-state index contributed by atoms with van der Waals surface area (Å²) < 4.78 is 15.2. The lowest BCUT2D eigenvalue weighted by molar-refractivity contribution is -0.150. The van der Waals surface area contributed by atoms with Crippen molar-refractivity contribution in [3.05, 3.63) is 59.7 Å². The van der Waals surface area contributed by atoms with Crippen LogP contribution in [-0.2, 0) is 20.9 Å². The molecule has 0 atom stereocenters. The molecule has 7 nitrogen and oxygen atoms in total. The van der Waals surface area contributed by atoms with Crippen LogP contribution in [0.5, 0.6) is 11.5 Å². The molecule has 0 aliphatic rings. The van der Waals surface area contributed by atoms with Crippen molar-refractivity contribution in [2.45, 2.75) is 13.5 Å². The third-order valence-electron chi connectivity index (χ3n) is 3.61. The molecular formula is C20H21NO6. The van der Waals surface area contributed by atoms with Crippen LogP contribution in [0.15, 0.2) is 48.5 Å². The molecular weight excluding hydrogens is 350 g/mol. The summed E-state index contributed by atoms with van der Waals surface area (Å²) in [5.41, 5.74) is 1.42. The minimum atomic E-state index is -0.665. The molecule has 0 saturated carbocycles. The lowest BCUT2D eigenvalue weighted by Gasteiger charge is -2.09. The Bertz CT molecular complexity index is 800. The number of hydrogen-bond donors (Lipinski definition) is 1. The predicted molar refractivity (Wildman–Crippen MR) is 97.7 cm³/mol. The van der Waals surface area contributed by atoms with Crippen molar-refractivity contribution in [2.75, 3.05) is 20.3 Å². The van der Waals surface area contributed by atoms with Gasteiger partial charge >= 0.3 is 5.97 Å². The van der Waals surface area contributed by atoms with Crippen LogP contribution in [0.1, 0.15) is 22.8 Å². The van der Waals surface area contributed by atoms with E-state index in [4.69, 9.17) is 14.2 Å². The van der Waals surface area contributed by atoms with Gasteiger partial charge in [-0.3, -0.25) is 9.59 Å². The minimum absolute atomic E-state index is 0.0547. The number of benzene rings is 2. The first-order valence-corrected chi connectivity index (χ1v) is 8.27. The van der Waals surface area contributed by atoms with Gasteiger partial charge in [-0.25, -0.2) is 4.79 Å². The maximum Gasteiger partial charge on any atom is 0.344 e. The Kier molecular flexibility index (Phi) is 7.37. The van der Waals surface area contributed by atoms with Crippen LogP contribution in [0.25, 0.3) is 0 Å². The number of carbonyl (C=O) groups excluding carboxylic acids is 3. The topological polar surface area (TPSA) is 90.9 Å². The summed E-state index contributed by atoms with van der Waals surface area (Å²) in [5, 5.41) is 2.65. The van der Waals surface area contributed by atoms with E-state index in [1.165, 1.54) is 6.92 Å². The van der Waals surface area contributed by atoms with Crippen molar-refractivity contribution in [3.63, 3.8) is 0 Å². The van der Waals surface area contributed by atoms with Crippen molar-refractivity contribution in [3.8, 4) is 11.5 Å². The average Bonchev–Trinajstić information content (AvgIpc) is 2.69. The third-order valence-corrected chi connectivity index (χ3v) is 3.61. The molecule has 27 heavy (non-hydrogen) atoms. The van der Waals surface area contributed by atoms with E-state index in [1.807, 2.05) is 12.1 Å². The molecule has 0 saturated heterocycles. The number of carbonyl (C=O) groups is 3. The second-order valence-corrected chi connectivity index (χ2v) is 5.66. The number of esters is 1. The average molecular weight is 371 g/mol. The predicted octanol–water partition coefficient (Wildman–Crippen LogP) is 2.14. The van der Waals surface area contributed by atoms with E-state index < -0.39 is 18.5 Å². The van der Waals surface area contributed by atoms with Crippen molar-refractivity contribution < 1.29 is 28.6 Å². The first-order chi connectivity index (χ1) is 13.0. The smallest absolute Gasteiger partial charge is 0.344 e. The third kappa shape index (κ3) is 6.81. The molecule has 2 aromatic rings. The van der Waals surface area contributed by atoms with Crippen molar-refractivity contribution >= 4 is 17.7 Å². The Morgan fingerprint density at radius 3 is 2.37 bits per heavy atom. The highest BCUT2D eigenvalue weighted by molar-refractivity contribution is 5.94. The Labute approximate surface area is 157 Å². The molecule has 0 radical (unpaired) electrons. The van der Waals surface area contributed by atoms with E-state index in [0.717, 1.165) is 5.56 Å². The summed E-state index contributed by atoms with van der Waals surface area (Å²) in [6, 6.07) is 13.7. The first-order valence-electron chi connectivity index (χ1n) is 8.27. The number of Topliss-reactive ketones (excluding diaryl/α,β-unsaturated/α-hetero) is 1. The molecule has 0 unspecified atom stereocenters. The number of ketones is 1. The van der Waals surface area contributed by atoms with Gasteiger partial charge in [-0.05, 0) is 48.9 Å². The van der Waals surface area contributed by atoms with Gasteiger partial charge in [0.15, 0.2) is 19.0 Å². The van der Waals surface area contributed by atoms with Crippen molar-refractivity contribution in [1.29, 1.82) is 0 Å². The van der Waals surface area contributed by atoms with Gasteiger partial charge in [-0.15, -0.1) is 0 Å². The highest BCUT2D eigenvalue weighted by Crippen LogP contribution is 2.13. The summed E-state index contributed by atoms with van der Waals surface area (Å²) in [5.74, 6) is -0.0128. The zero-order valence-electron chi connectivity index (χ0n) is 15.2. The molecule has 1 amide bonds. The maximum absolute atomic E-state index is 11.8. The van der Waals surface area contributed by atoms with Crippen molar-refractivity contribution in [1.82, 2.24) is 5.32 Å². The van der Waals surface area contributed by atoms with Crippen LogP contribution in [-0.4, -0.2) is 38.0 Å². The lowest BCUT2D eigenvalue weighted by Crippen LogP contribution is -2.29. The fraction of sp³-hybridized carbons (Fsp3) is 0.250. The molecule has 2 aromatic carbocycles. The molecule has 0 heterocycles. The zero-order valence-corrected chi connectivity index (χ0v) is 15.2. The van der Waals surface area contributed by atoms with E-state index in [0.29, 0.717) is 23.6 Å². The van der Waals surface area contributed by atoms with Crippen LogP contribution < -0.4 is 14.8 Å². The molecule has 2 rings (SSSR count). The van der Waals surface area contributed by atoms with Gasteiger partial charge < -0.3 is 19.5 Å². The van der Waals surface area contributed by atoms with Gasteiger partial charge in [-0.2, -0.15) is 0 Å². The fourth-order valence-electron chi connectivity index (χ4n) is 2.15. The highest BCUT2D eigenvalue weighted by atomic mass is 16.6.